The van der Waals surface area contributed by atoms with Crippen molar-refractivity contribution in [1.29, 1.82) is 0 Å². The second-order valence-electron chi connectivity index (χ2n) is 9.14. The first kappa shape index (κ1) is 26.2. The van der Waals surface area contributed by atoms with Crippen LogP contribution >= 0.6 is 0 Å². The molecule has 0 radical (unpaired) electrons. The monoisotopic (exact) mass is 529 g/mol. The third kappa shape index (κ3) is 5.59. The van der Waals surface area contributed by atoms with E-state index < -0.39 is 39.4 Å². The normalized spacial score (nSPS) is 19.5. The van der Waals surface area contributed by atoms with E-state index in [-0.39, 0.29) is 42.3 Å². The van der Waals surface area contributed by atoms with Crippen molar-refractivity contribution in [3.63, 3.8) is 0 Å². The highest BCUT2D eigenvalue weighted by molar-refractivity contribution is 7.90. The van der Waals surface area contributed by atoms with Crippen LogP contribution in [0.2, 0.25) is 0 Å². The van der Waals surface area contributed by atoms with E-state index >= 15 is 0 Å². The number of aliphatic hydroxyl groups is 1. The molecule has 2 aliphatic heterocycles. The van der Waals surface area contributed by atoms with Gasteiger partial charge in [0.2, 0.25) is 0 Å². The van der Waals surface area contributed by atoms with E-state index in [1.165, 1.54) is 17.0 Å². The van der Waals surface area contributed by atoms with Gasteiger partial charge in [0.05, 0.1) is 27.8 Å². The molecular formula is C24H27F4N3O4S. The molecule has 0 spiro atoms. The summed E-state index contributed by atoms with van der Waals surface area (Å²) >= 11 is 0. The minimum Gasteiger partial charge on any atom is -0.391 e. The number of β-amino-alcohol motifs (C(OH)–C–C–N with tert-alkyl or cyclic N) is 1. The minimum absolute atomic E-state index is 0.00220. The number of rotatable bonds is 4. The molecule has 12 heteroatoms. The number of anilines is 2. The summed E-state index contributed by atoms with van der Waals surface area (Å²) in [5.41, 5.74) is -0.320. The zero-order valence-electron chi connectivity index (χ0n) is 19.6. The summed E-state index contributed by atoms with van der Waals surface area (Å²) in [7, 11) is -3.58. The molecule has 4 rings (SSSR count). The van der Waals surface area contributed by atoms with Crippen LogP contribution < -0.4 is 9.80 Å². The van der Waals surface area contributed by atoms with Gasteiger partial charge in [-0.05, 0) is 49.2 Å². The number of aliphatic hydroxyl groups excluding tert-OH is 1. The predicted octanol–water partition coefficient (Wildman–Crippen LogP) is 3.17. The summed E-state index contributed by atoms with van der Waals surface area (Å²) < 4.78 is 77.3. The summed E-state index contributed by atoms with van der Waals surface area (Å²) in [5.74, 6) is -1.39. The maximum absolute atomic E-state index is 14.4. The SMILES string of the molecule is CS(=O)(=O)c1ccc(N2CCCC(O)C2)c(C(=O)N2CCN(c3ccc(C(F)(F)F)cc3F)CC2)c1. The molecule has 0 bridgehead atoms. The van der Waals surface area contributed by atoms with Gasteiger partial charge in [-0.1, -0.05) is 0 Å². The molecule has 36 heavy (non-hydrogen) atoms. The number of alkyl halides is 3. The number of sulfone groups is 1. The Kier molecular flexibility index (Phi) is 7.20. The second-order valence-corrected chi connectivity index (χ2v) is 11.2. The van der Waals surface area contributed by atoms with Crippen LogP contribution in [0.5, 0.6) is 0 Å². The molecule has 2 fully saturated rings. The molecule has 196 valence electrons. The fourth-order valence-corrected chi connectivity index (χ4v) is 5.27. The first-order valence-corrected chi connectivity index (χ1v) is 13.4. The van der Waals surface area contributed by atoms with Crippen molar-refractivity contribution in [2.75, 3.05) is 55.3 Å². The third-order valence-electron chi connectivity index (χ3n) is 6.55. The second kappa shape index (κ2) is 9.89. The van der Waals surface area contributed by atoms with Gasteiger partial charge < -0.3 is 19.8 Å². The Bertz CT molecular complexity index is 1240. The number of benzene rings is 2. The van der Waals surface area contributed by atoms with Crippen LogP contribution in [0.15, 0.2) is 41.3 Å². The maximum atomic E-state index is 14.4. The molecule has 1 N–H and O–H groups in total. The van der Waals surface area contributed by atoms with Crippen molar-refractivity contribution in [2.24, 2.45) is 0 Å². The van der Waals surface area contributed by atoms with Gasteiger partial charge in [0.15, 0.2) is 9.84 Å². The van der Waals surface area contributed by atoms with E-state index in [2.05, 4.69) is 0 Å². The number of piperazine rings is 1. The number of amides is 1. The van der Waals surface area contributed by atoms with Crippen molar-refractivity contribution in [3.05, 3.63) is 53.3 Å². The van der Waals surface area contributed by atoms with Crippen LogP contribution in [0, 0.1) is 5.82 Å². The lowest BCUT2D eigenvalue weighted by molar-refractivity contribution is -0.137. The Balaban J connectivity index is 1.55. The number of hydrogen-bond donors (Lipinski definition) is 1. The molecule has 2 aromatic rings. The zero-order chi connectivity index (χ0) is 26.3. The summed E-state index contributed by atoms with van der Waals surface area (Å²) in [5, 5.41) is 10.1. The molecule has 0 aliphatic carbocycles. The maximum Gasteiger partial charge on any atom is 0.416 e. The first-order valence-electron chi connectivity index (χ1n) is 11.5. The van der Waals surface area contributed by atoms with Gasteiger partial charge >= 0.3 is 6.18 Å². The van der Waals surface area contributed by atoms with E-state index in [0.29, 0.717) is 31.3 Å². The van der Waals surface area contributed by atoms with Crippen molar-refractivity contribution in [1.82, 2.24) is 4.90 Å². The lowest BCUT2D eigenvalue weighted by atomic mass is 10.0. The number of hydrogen-bond acceptors (Lipinski definition) is 6. The molecular weight excluding hydrogens is 502 g/mol. The quantitative estimate of drug-likeness (QED) is 0.613. The Morgan fingerprint density at radius 2 is 1.64 bits per heavy atom. The fraction of sp³-hybridized carbons (Fsp3) is 0.458. The topological polar surface area (TPSA) is 81.2 Å². The lowest BCUT2D eigenvalue weighted by Gasteiger charge is -2.38. The van der Waals surface area contributed by atoms with Crippen LogP contribution in [0.25, 0.3) is 0 Å². The Morgan fingerprint density at radius 3 is 2.22 bits per heavy atom. The minimum atomic E-state index is -4.65. The highest BCUT2D eigenvalue weighted by Crippen LogP contribution is 2.33. The van der Waals surface area contributed by atoms with E-state index in [0.717, 1.165) is 24.8 Å². The summed E-state index contributed by atoms with van der Waals surface area (Å²) in [6, 6.07) is 6.74. The summed E-state index contributed by atoms with van der Waals surface area (Å²) in [6.45, 7) is 1.65. The van der Waals surface area contributed by atoms with Crippen molar-refractivity contribution in [3.8, 4) is 0 Å². The van der Waals surface area contributed by atoms with Crippen LogP contribution in [0.4, 0.5) is 28.9 Å². The van der Waals surface area contributed by atoms with Crippen LogP contribution in [-0.4, -0.2) is 76.0 Å². The molecule has 2 heterocycles. The van der Waals surface area contributed by atoms with E-state index in [1.807, 2.05) is 4.90 Å². The predicted molar refractivity (Wildman–Crippen MR) is 127 cm³/mol. The van der Waals surface area contributed by atoms with Crippen molar-refractivity contribution >= 4 is 27.1 Å². The van der Waals surface area contributed by atoms with Crippen molar-refractivity contribution in [2.45, 2.75) is 30.0 Å². The van der Waals surface area contributed by atoms with E-state index in [1.54, 1.807) is 11.0 Å². The fourth-order valence-electron chi connectivity index (χ4n) is 4.63. The highest BCUT2D eigenvalue weighted by atomic mass is 32.2. The molecule has 2 aromatic carbocycles. The summed E-state index contributed by atoms with van der Waals surface area (Å²) in [4.78, 5) is 18.5. The summed E-state index contributed by atoms with van der Waals surface area (Å²) in [6.07, 6.45) is -2.78. The van der Waals surface area contributed by atoms with Gasteiger partial charge in [0.1, 0.15) is 5.82 Å². The van der Waals surface area contributed by atoms with Gasteiger partial charge in [-0.25, -0.2) is 12.8 Å². The van der Waals surface area contributed by atoms with E-state index in [9.17, 15) is 35.9 Å². The van der Waals surface area contributed by atoms with Gasteiger partial charge in [-0.2, -0.15) is 13.2 Å². The van der Waals surface area contributed by atoms with Crippen LogP contribution in [0.3, 0.4) is 0 Å². The number of carbonyl (C=O) groups is 1. The largest absolute Gasteiger partial charge is 0.416 e. The van der Waals surface area contributed by atoms with Gasteiger partial charge in [0, 0.05) is 51.2 Å². The zero-order valence-corrected chi connectivity index (χ0v) is 20.4. The molecule has 1 unspecified atom stereocenters. The first-order chi connectivity index (χ1) is 16.8. The van der Waals surface area contributed by atoms with E-state index in [4.69, 9.17) is 0 Å². The number of carbonyl (C=O) groups excluding carboxylic acids is 1. The van der Waals surface area contributed by atoms with Crippen molar-refractivity contribution < 1.29 is 35.9 Å². The molecule has 2 saturated heterocycles. The number of halogens is 4. The average molecular weight is 530 g/mol. The van der Waals surface area contributed by atoms with Gasteiger partial charge in [0.25, 0.3) is 5.91 Å². The van der Waals surface area contributed by atoms with Gasteiger partial charge in [-0.3, -0.25) is 4.79 Å². The smallest absolute Gasteiger partial charge is 0.391 e. The highest BCUT2D eigenvalue weighted by Gasteiger charge is 2.33. The standard InChI is InChI=1S/C24H27F4N3O4S/c1-36(34,35)18-5-7-21(31-8-2-3-17(32)15-31)19(14-18)23(33)30-11-9-29(10-12-30)22-6-4-16(13-20(22)25)24(26,27)28/h4-7,13-14,17,32H,2-3,8-12,15H2,1H3. The number of nitrogens with zero attached hydrogens (tertiary/aromatic N) is 3. The Labute approximate surface area is 206 Å². The Hall–Kier alpha value is -2.86. The lowest BCUT2D eigenvalue weighted by Crippen LogP contribution is -2.49. The molecule has 0 aromatic heterocycles. The molecule has 2 aliphatic rings. The van der Waals surface area contributed by atoms with Gasteiger partial charge in [-0.15, -0.1) is 0 Å². The Morgan fingerprint density at radius 1 is 0.972 bits per heavy atom. The average Bonchev–Trinajstić information content (AvgIpc) is 2.82. The number of piperidine rings is 1. The third-order valence-corrected chi connectivity index (χ3v) is 7.66. The molecule has 7 nitrogen and oxygen atoms in total. The molecule has 1 atom stereocenters. The van der Waals surface area contributed by atoms with Crippen LogP contribution in [-0.2, 0) is 16.0 Å². The molecule has 1 amide bonds. The van der Waals surface area contributed by atoms with Crippen LogP contribution in [0.1, 0.15) is 28.8 Å². The molecule has 0 saturated carbocycles.